The van der Waals surface area contributed by atoms with Crippen LogP contribution in [0.25, 0.3) is 0 Å². The van der Waals surface area contributed by atoms with Crippen molar-refractivity contribution in [3.8, 4) is 5.75 Å². The van der Waals surface area contributed by atoms with Crippen LogP contribution in [0.4, 0.5) is 0 Å². The van der Waals surface area contributed by atoms with Gasteiger partial charge in [0.05, 0.1) is 0 Å². The van der Waals surface area contributed by atoms with Crippen molar-refractivity contribution < 1.29 is 50.9 Å². The van der Waals surface area contributed by atoms with Crippen LogP contribution in [0.1, 0.15) is 25.3 Å². The van der Waals surface area contributed by atoms with E-state index in [2.05, 4.69) is 32.0 Å². The fourth-order valence-electron chi connectivity index (χ4n) is 1.37. The average molecular weight is 340 g/mol. The maximum atomic E-state index is 10.9. The molecule has 0 bridgehead atoms. The third-order valence-corrected chi connectivity index (χ3v) is 3.23. The Hall–Kier alpha value is 0.209. The van der Waals surface area contributed by atoms with Crippen molar-refractivity contribution in [3.63, 3.8) is 0 Å². The SMILES string of the molecule is CCCCc1c[c]([Fe])c[c]([Fe])c1OP(=O)(O)O. The topological polar surface area (TPSA) is 66.8 Å². The number of hydrogen-bond donors (Lipinski definition) is 2. The van der Waals surface area contributed by atoms with Gasteiger partial charge in [-0.3, -0.25) is 0 Å². The predicted molar refractivity (Wildman–Crippen MR) is 57.0 cm³/mol. The van der Waals surface area contributed by atoms with E-state index in [-0.39, 0.29) is 5.75 Å². The Labute approximate surface area is 117 Å². The standard InChI is InChI=1S/C10H13O4P.2Fe/c1-2-3-6-9-7-4-5-8-10(9)14-15(11,12)13;;/h5,7H,2-3,6H2,1H3,(H2,11,12,13);;. The Morgan fingerprint density at radius 2 is 2.00 bits per heavy atom. The van der Waals surface area contributed by atoms with Gasteiger partial charge in [0.25, 0.3) is 0 Å². The van der Waals surface area contributed by atoms with Crippen molar-refractivity contribution >= 4 is 16.7 Å². The Bertz CT molecular complexity index is 444. The van der Waals surface area contributed by atoms with Crippen molar-refractivity contribution in [1.82, 2.24) is 0 Å². The van der Waals surface area contributed by atoms with Crippen LogP contribution in [-0.4, -0.2) is 9.79 Å². The molecule has 0 radical (unpaired) electrons. The van der Waals surface area contributed by atoms with E-state index in [4.69, 9.17) is 14.3 Å². The summed E-state index contributed by atoms with van der Waals surface area (Å²) in [6.45, 7) is 2.04. The molecule has 0 fully saturated rings. The van der Waals surface area contributed by atoms with Gasteiger partial charge in [-0.2, -0.15) is 0 Å². The summed E-state index contributed by atoms with van der Waals surface area (Å²) in [4.78, 5) is 17.7. The molecule has 17 heavy (non-hydrogen) atoms. The summed E-state index contributed by atoms with van der Waals surface area (Å²) in [6.07, 6.45) is 2.60. The number of hydrogen-bond acceptors (Lipinski definition) is 2. The number of phosphoric acid groups is 1. The van der Waals surface area contributed by atoms with Gasteiger partial charge in [-0.15, -0.1) is 0 Å². The summed E-state index contributed by atoms with van der Waals surface area (Å²) < 4.78 is 16.8. The van der Waals surface area contributed by atoms with Gasteiger partial charge in [0.2, 0.25) is 0 Å². The molecule has 1 aromatic rings. The minimum atomic E-state index is -4.55. The average Bonchev–Trinajstić information content (AvgIpc) is 2.18. The maximum absolute atomic E-state index is 10.9. The first-order chi connectivity index (χ1) is 7.83. The molecule has 0 heterocycles. The van der Waals surface area contributed by atoms with Gasteiger partial charge in [0.1, 0.15) is 0 Å². The zero-order valence-electron chi connectivity index (χ0n) is 9.14. The number of aryl methyl sites for hydroxylation is 1. The van der Waals surface area contributed by atoms with Gasteiger partial charge in [-0.25, -0.2) is 0 Å². The summed E-state index contributed by atoms with van der Waals surface area (Å²) in [6, 6.07) is 3.41. The molecule has 0 saturated carbocycles. The molecule has 0 amide bonds. The molecular formula is C10H13Fe2O4P. The first kappa shape index (κ1) is 15.3. The summed E-state index contributed by atoms with van der Waals surface area (Å²) in [7, 11) is -4.55. The predicted octanol–water partition coefficient (Wildman–Crippen LogP) is 0.845. The molecule has 7 heteroatoms. The van der Waals surface area contributed by atoms with E-state index in [0.717, 1.165) is 22.9 Å². The van der Waals surface area contributed by atoms with E-state index < -0.39 is 7.82 Å². The molecule has 0 aliphatic rings. The molecule has 0 aliphatic heterocycles. The second-order valence-corrected chi connectivity index (χ2v) is 5.93. The summed E-state index contributed by atoms with van der Waals surface area (Å²) in [5.41, 5.74) is 0.743. The van der Waals surface area contributed by atoms with Crippen molar-refractivity contribution in [1.29, 1.82) is 0 Å². The number of benzene rings is 1. The molecule has 4 nitrogen and oxygen atoms in total. The first-order valence-corrected chi connectivity index (χ1v) is 7.67. The Kier molecular flexibility index (Phi) is 5.75. The van der Waals surface area contributed by atoms with Crippen molar-refractivity contribution in [2.24, 2.45) is 0 Å². The minimum absolute atomic E-state index is 0.180. The van der Waals surface area contributed by atoms with E-state index in [9.17, 15) is 4.57 Å². The summed E-state index contributed by atoms with van der Waals surface area (Å²) in [5, 5.41) is 0. The molecular weight excluding hydrogens is 327 g/mol. The molecule has 0 unspecified atom stereocenters. The number of phosphoric ester groups is 1. The quantitative estimate of drug-likeness (QED) is 0.616. The molecule has 1 rings (SSSR count). The molecule has 0 atom stereocenters. The molecule has 1 aromatic carbocycles. The van der Waals surface area contributed by atoms with Crippen LogP contribution in [0, 0.1) is 0 Å². The van der Waals surface area contributed by atoms with Gasteiger partial charge >= 0.3 is 117 Å². The van der Waals surface area contributed by atoms with E-state index in [1.807, 2.05) is 6.92 Å². The zero-order valence-corrected chi connectivity index (χ0v) is 12.2. The molecule has 0 spiro atoms. The Morgan fingerprint density at radius 1 is 1.35 bits per heavy atom. The Balaban J connectivity index is 3.11. The molecule has 2 N–H and O–H groups in total. The van der Waals surface area contributed by atoms with E-state index in [0.29, 0.717) is 10.9 Å². The van der Waals surface area contributed by atoms with E-state index in [1.54, 1.807) is 12.1 Å². The summed E-state index contributed by atoms with van der Waals surface area (Å²) >= 11 is 7.52. The van der Waals surface area contributed by atoms with Gasteiger partial charge in [-0.05, 0) is 0 Å². The fraction of sp³-hybridized carbons (Fsp3) is 0.400. The van der Waals surface area contributed by atoms with Gasteiger partial charge in [0.15, 0.2) is 0 Å². The normalized spacial score (nSPS) is 11.6. The Morgan fingerprint density at radius 3 is 2.53 bits per heavy atom. The zero-order chi connectivity index (χ0) is 13.1. The molecule has 0 saturated heterocycles. The third kappa shape index (κ3) is 5.15. The van der Waals surface area contributed by atoms with Crippen LogP contribution in [0.3, 0.4) is 0 Å². The van der Waals surface area contributed by atoms with Crippen molar-refractivity contribution in [2.45, 2.75) is 26.2 Å². The van der Waals surface area contributed by atoms with Crippen LogP contribution in [0.2, 0.25) is 0 Å². The molecule has 0 aliphatic carbocycles. The van der Waals surface area contributed by atoms with E-state index >= 15 is 0 Å². The molecule has 0 aromatic heterocycles. The van der Waals surface area contributed by atoms with E-state index in [1.165, 1.54) is 0 Å². The monoisotopic (exact) mass is 340 g/mol. The van der Waals surface area contributed by atoms with Crippen LogP contribution >= 0.6 is 7.82 Å². The second-order valence-electron chi connectivity index (χ2n) is 3.53. The second kappa shape index (κ2) is 6.40. The third-order valence-electron chi connectivity index (χ3n) is 2.08. The number of rotatable bonds is 5. The first-order valence-electron chi connectivity index (χ1n) is 5.04. The summed E-state index contributed by atoms with van der Waals surface area (Å²) in [5.74, 6) is 0.180. The van der Waals surface area contributed by atoms with Gasteiger partial charge in [-0.1, -0.05) is 0 Å². The van der Waals surface area contributed by atoms with Crippen LogP contribution in [0.5, 0.6) is 5.75 Å². The van der Waals surface area contributed by atoms with Gasteiger partial charge < -0.3 is 0 Å². The fourth-order valence-corrected chi connectivity index (χ4v) is 2.79. The van der Waals surface area contributed by atoms with Crippen molar-refractivity contribution in [2.75, 3.05) is 0 Å². The van der Waals surface area contributed by atoms with Gasteiger partial charge in [0, 0.05) is 0 Å². The van der Waals surface area contributed by atoms with Crippen LogP contribution in [-0.2, 0) is 43.0 Å². The number of unbranched alkanes of at least 4 members (excludes halogenated alkanes) is 1. The molecule has 98 valence electrons. The van der Waals surface area contributed by atoms with Crippen molar-refractivity contribution in [3.05, 3.63) is 17.7 Å². The van der Waals surface area contributed by atoms with Crippen LogP contribution < -0.4 is 13.4 Å². The van der Waals surface area contributed by atoms with Crippen LogP contribution in [0.15, 0.2) is 12.1 Å².